The van der Waals surface area contributed by atoms with Gasteiger partial charge in [0.05, 0.1) is 12.6 Å². The third-order valence-electron chi connectivity index (χ3n) is 2.98. The SMILES string of the molecule is CC(C)CC(CO)Nc1cc(Br)nc(C2CC2)n1. The number of nitrogens with zero attached hydrogens (tertiary/aromatic N) is 2. The number of halogens is 1. The van der Waals surface area contributed by atoms with Crippen molar-refractivity contribution in [2.75, 3.05) is 11.9 Å². The zero-order valence-corrected chi connectivity index (χ0v) is 12.4. The van der Waals surface area contributed by atoms with Crippen LogP contribution in [-0.4, -0.2) is 27.7 Å². The zero-order valence-electron chi connectivity index (χ0n) is 10.9. The average Bonchev–Trinajstić information content (AvgIpc) is 3.10. The highest BCUT2D eigenvalue weighted by molar-refractivity contribution is 9.10. The third-order valence-corrected chi connectivity index (χ3v) is 3.39. The molecule has 0 amide bonds. The fourth-order valence-electron chi connectivity index (χ4n) is 1.99. The molecule has 0 saturated heterocycles. The van der Waals surface area contributed by atoms with E-state index >= 15 is 0 Å². The molecular formula is C13H20BrN3O. The predicted octanol–water partition coefficient (Wildman–Crippen LogP) is 2.94. The van der Waals surface area contributed by atoms with Crippen molar-refractivity contribution in [1.82, 2.24) is 9.97 Å². The lowest BCUT2D eigenvalue weighted by atomic mass is 10.0. The normalized spacial score (nSPS) is 16.9. The van der Waals surface area contributed by atoms with Crippen molar-refractivity contribution in [1.29, 1.82) is 0 Å². The molecule has 2 rings (SSSR count). The first-order valence-electron chi connectivity index (χ1n) is 6.50. The summed E-state index contributed by atoms with van der Waals surface area (Å²) in [6, 6.07) is 1.92. The van der Waals surface area contributed by atoms with E-state index in [2.05, 4.69) is 45.1 Å². The summed E-state index contributed by atoms with van der Waals surface area (Å²) in [5.41, 5.74) is 0. The smallest absolute Gasteiger partial charge is 0.135 e. The molecule has 0 bridgehead atoms. The van der Waals surface area contributed by atoms with Gasteiger partial charge in [-0.1, -0.05) is 13.8 Å². The molecule has 1 aliphatic carbocycles. The molecule has 0 aliphatic heterocycles. The van der Waals surface area contributed by atoms with Gasteiger partial charge in [-0.15, -0.1) is 0 Å². The predicted molar refractivity (Wildman–Crippen MR) is 75.7 cm³/mol. The Bertz CT molecular complexity index is 407. The molecule has 5 heteroatoms. The molecule has 1 saturated carbocycles. The molecule has 1 heterocycles. The first-order chi connectivity index (χ1) is 8.58. The Balaban J connectivity index is 2.07. The van der Waals surface area contributed by atoms with Crippen molar-refractivity contribution in [2.24, 2.45) is 5.92 Å². The van der Waals surface area contributed by atoms with Crippen LogP contribution in [0.2, 0.25) is 0 Å². The van der Waals surface area contributed by atoms with Crippen molar-refractivity contribution in [3.8, 4) is 0 Å². The van der Waals surface area contributed by atoms with Gasteiger partial charge in [-0.3, -0.25) is 0 Å². The minimum atomic E-state index is 0.0545. The lowest BCUT2D eigenvalue weighted by Crippen LogP contribution is -2.26. The van der Waals surface area contributed by atoms with Gasteiger partial charge in [0.15, 0.2) is 0 Å². The number of anilines is 1. The van der Waals surface area contributed by atoms with Crippen LogP contribution in [0.15, 0.2) is 10.7 Å². The van der Waals surface area contributed by atoms with Crippen LogP contribution < -0.4 is 5.32 Å². The van der Waals surface area contributed by atoms with Gasteiger partial charge in [-0.25, -0.2) is 9.97 Å². The number of hydrogen-bond donors (Lipinski definition) is 2. The number of aliphatic hydroxyl groups excluding tert-OH is 1. The Morgan fingerprint density at radius 2 is 2.17 bits per heavy atom. The number of aliphatic hydroxyl groups is 1. The van der Waals surface area contributed by atoms with E-state index in [1.165, 1.54) is 12.8 Å². The van der Waals surface area contributed by atoms with Crippen LogP contribution >= 0.6 is 15.9 Å². The molecule has 1 aliphatic rings. The molecule has 1 aromatic heterocycles. The Morgan fingerprint density at radius 1 is 1.44 bits per heavy atom. The summed E-state index contributed by atoms with van der Waals surface area (Å²) in [6.45, 7) is 4.42. The van der Waals surface area contributed by atoms with Crippen LogP contribution in [0.3, 0.4) is 0 Å². The topological polar surface area (TPSA) is 58.0 Å². The largest absolute Gasteiger partial charge is 0.394 e. The molecular weight excluding hydrogens is 294 g/mol. The maximum atomic E-state index is 9.38. The second-order valence-electron chi connectivity index (χ2n) is 5.36. The first-order valence-corrected chi connectivity index (χ1v) is 7.29. The fraction of sp³-hybridized carbons (Fsp3) is 0.692. The molecule has 1 fully saturated rings. The van der Waals surface area contributed by atoms with Crippen LogP contribution in [0.1, 0.15) is 44.9 Å². The van der Waals surface area contributed by atoms with Gasteiger partial charge in [0, 0.05) is 12.0 Å². The van der Waals surface area contributed by atoms with E-state index < -0.39 is 0 Å². The number of aromatic nitrogens is 2. The van der Waals surface area contributed by atoms with Gasteiger partial charge in [0.25, 0.3) is 0 Å². The summed E-state index contributed by atoms with van der Waals surface area (Å²) >= 11 is 3.42. The fourth-order valence-corrected chi connectivity index (χ4v) is 2.39. The van der Waals surface area contributed by atoms with E-state index in [9.17, 15) is 5.11 Å². The average molecular weight is 314 g/mol. The van der Waals surface area contributed by atoms with Gasteiger partial charge in [0.2, 0.25) is 0 Å². The van der Waals surface area contributed by atoms with Crippen molar-refractivity contribution in [3.05, 3.63) is 16.5 Å². The van der Waals surface area contributed by atoms with E-state index in [1.807, 2.05) is 6.07 Å². The second kappa shape index (κ2) is 5.97. The second-order valence-corrected chi connectivity index (χ2v) is 6.17. The van der Waals surface area contributed by atoms with Crippen molar-refractivity contribution >= 4 is 21.7 Å². The highest BCUT2D eigenvalue weighted by atomic mass is 79.9. The molecule has 0 spiro atoms. The standard InChI is InChI=1S/C13H20BrN3O/c1-8(2)5-10(7-18)15-12-6-11(14)16-13(17-12)9-3-4-9/h6,8-10,18H,3-5,7H2,1-2H3,(H,15,16,17). The summed E-state index contributed by atoms with van der Waals surface area (Å²) in [4.78, 5) is 8.92. The molecule has 0 aromatic carbocycles. The van der Waals surface area contributed by atoms with Gasteiger partial charge in [-0.05, 0) is 41.1 Å². The van der Waals surface area contributed by atoms with Gasteiger partial charge in [-0.2, -0.15) is 0 Å². The molecule has 1 aromatic rings. The van der Waals surface area contributed by atoms with Crippen molar-refractivity contribution in [3.63, 3.8) is 0 Å². The van der Waals surface area contributed by atoms with Crippen LogP contribution in [0.5, 0.6) is 0 Å². The minimum absolute atomic E-state index is 0.0545. The van der Waals surface area contributed by atoms with Gasteiger partial charge < -0.3 is 10.4 Å². The van der Waals surface area contributed by atoms with E-state index in [-0.39, 0.29) is 12.6 Å². The molecule has 100 valence electrons. The van der Waals surface area contributed by atoms with E-state index in [0.29, 0.717) is 11.8 Å². The molecule has 18 heavy (non-hydrogen) atoms. The summed E-state index contributed by atoms with van der Waals surface area (Å²) in [7, 11) is 0. The van der Waals surface area contributed by atoms with Gasteiger partial charge >= 0.3 is 0 Å². The molecule has 1 unspecified atom stereocenters. The summed E-state index contributed by atoms with van der Waals surface area (Å²) in [6.07, 6.45) is 3.30. The Kier molecular flexibility index (Phi) is 4.56. The maximum absolute atomic E-state index is 9.38. The highest BCUT2D eigenvalue weighted by Crippen LogP contribution is 2.38. The summed E-state index contributed by atoms with van der Waals surface area (Å²) in [5, 5.41) is 12.7. The number of rotatable bonds is 6. The first kappa shape index (κ1) is 13.7. The molecule has 0 radical (unpaired) electrons. The van der Waals surface area contributed by atoms with Crippen LogP contribution in [0, 0.1) is 5.92 Å². The quantitative estimate of drug-likeness (QED) is 0.793. The Morgan fingerprint density at radius 3 is 2.72 bits per heavy atom. The van der Waals surface area contributed by atoms with Crippen molar-refractivity contribution in [2.45, 2.75) is 45.1 Å². The van der Waals surface area contributed by atoms with Crippen LogP contribution in [0.4, 0.5) is 5.82 Å². The number of hydrogen-bond acceptors (Lipinski definition) is 4. The maximum Gasteiger partial charge on any atom is 0.135 e. The Hall–Kier alpha value is -0.680. The highest BCUT2D eigenvalue weighted by Gasteiger charge is 2.27. The van der Waals surface area contributed by atoms with Crippen LogP contribution in [-0.2, 0) is 0 Å². The van der Waals surface area contributed by atoms with Crippen molar-refractivity contribution < 1.29 is 5.11 Å². The molecule has 4 nitrogen and oxygen atoms in total. The van der Waals surface area contributed by atoms with E-state index in [0.717, 1.165) is 22.7 Å². The summed E-state index contributed by atoms with van der Waals surface area (Å²) in [5.74, 6) is 2.79. The molecule has 1 atom stereocenters. The minimum Gasteiger partial charge on any atom is -0.394 e. The lowest BCUT2D eigenvalue weighted by molar-refractivity contribution is 0.259. The number of nitrogens with one attached hydrogen (secondary N) is 1. The van der Waals surface area contributed by atoms with Gasteiger partial charge in [0.1, 0.15) is 16.2 Å². The zero-order chi connectivity index (χ0) is 13.1. The lowest BCUT2D eigenvalue weighted by Gasteiger charge is -2.19. The van der Waals surface area contributed by atoms with E-state index in [4.69, 9.17) is 0 Å². The molecule has 2 N–H and O–H groups in total. The third kappa shape index (κ3) is 3.92. The monoisotopic (exact) mass is 313 g/mol. The van der Waals surface area contributed by atoms with Crippen LogP contribution in [0.25, 0.3) is 0 Å². The van der Waals surface area contributed by atoms with E-state index in [1.54, 1.807) is 0 Å². The Labute approximate surface area is 116 Å². The summed E-state index contributed by atoms with van der Waals surface area (Å²) < 4.78 is 0.808.